The summed E-state index contributed by atoms with van der Waals surface area (Å²) in [6.07, 6.45) is 1.80. The number of nitrogens with one attached hydrogen (secondary N) is 1. The SMILES string of the molecule is CCCCOOc1c(C)c2c(c3c1[C@H]1SC[C@]4(NCCc5cc(OC(=O)OC(C)(C)C)c(OC)cc54)C(=O)OC[C@@H]3N3C1[C@@H]1c4c(cc(C)c(OC)c4O)C[C@@H]([C@@H]3C#N)N1C)OCO2. The van der Waals surface area contributed by atoms with Crippen LogP contribution in [-0.2, 0) is 37.5 Å². The molecule has 64 heavy (non-hydrogen) atoms. The summed E-state index contributed by atoms with van der Waals surface area (Å²) in [6, 6.07) is 5.55. The highest BCUT2D eigenvalue weighted by atomic mass is 32.2. The maximum atomic E-state index is 15.1. The number of nitriles is 1. The smallest absolute Gasteiger partial charge is 0.504 e. The van der Waals surface area contributed by atoms with E-state index in [0.717, 1.165) is 40.7 Å². The molecule has 7 heterocycles. The monoisotopic (exact) mass is 900 g/mol. The van der Waals surface area contributed by atoms with Crippen LogP contribution in [0.2, 0.25) is 0 Å². The maximum absolute atomic E-state index is 15.1. The largest absolute Gasteiger partial charge is 0.514 e. The molecule has 3 aromatic carbocycles. The number of carbonyl (C=O) groups is 2. The molecule has 7 atom stereocenters. The maximum Gasteiger partial charge on any atom is 0.514 e. The number of aromatic hydroxyl groups is 1. The lowest BCUT2D eigenvalue weighted by atomic mass is 9.71. The fourth-order valence-electron chi connectivity index (χ4n) is 10.7. The van der Waals surface area contributed by atoms with Crippen molar-refractivity contribution in [3.63, 3.8) is 0 Å². The van der Waals surface area contributed by atoms with Crippen LogP contribution in [0, 0.1) is 25.2 Å². The van der Waals surface area contributed by atoms with Gasteiger partial charge in [-0.25, -0.2) is 9.59 Å². The number of esters is 1. The minimum atomic E-state index is -1.41. The number of piperazine rings is 1. The Morgan fingerprint density at radius 3 is 2.55 bits per heavy atom. The third-order valence-corrected chi connectivity index (χ3v) is 15.0. The number of ether oxygens (including phenoxy) is 7. The predicted molar refractivity (Wildman–Crippen MR) is 233 cm³/mol. The van der Waals surface area contributed by atoms with Crippen molar-refractivity contribution in [1.82, 2.24) is 15.1 Å². The van der Waals surface area contributed by atoms with Gasteiger partial charge >= 0.3 is 12.1 Å². The summed E-state index contributed by atoms with van der Waals surface area (Å²) in [5.41, 5.74) is 3.86. The molecule has 2 N–H and O–H groups in total. The lowest BCUT2D eigenvalue weighted by Gasteiger charge is -2.62. The zero-order chi connectivity index (χ0) is 45.4. The predicted octanol–water partition coefficient (Wildman–Crippen LogP) is 6.78. The molecule has 3 aromatic rings. The standard InChI is InChI=1S/C47H56N4O12S/c1-10-11-14-60-63-40-24(3)41-42(59-22-58-41)34-30-20-57-44(53)47(27-18-31(55-8)32(17-25(27)12-13-49-47)61-45(54)62-46(4,5)6)21-64-43(35(34)40)37-36-33-26(15-23(2)39(56-9)38(33)52)16-28(50(36)7)29(19-48)51(30)37/h15,17-18,28-30,36-37,43,49,52H,10-14,16,20-22H2,1-9H3/t28-,29-,30-,36-,37?,43+,47+/m0/s1. The average Bonchev–Trinajstić information content (AvgIpc) is 3.74. The van der Waals surface area contributed by atoms with E-state index in [0.29, 0.717) is 65.7 Å². The van der Waals surface area contributed by atoms with Crippen molar-refractivity contribution >= 4 is 23.9 Å². The van der Waals surface area contributed by atoms with Gasteiger partial charge in [0.05, 0.1) is 44.2 Å². The van der Waals surface area contributed by atoms with Crippen LogP contribution >= 0.6 is 11.8 Å². The highest BCUT2D eigenvalue weighted by molar-refractivity contribution is 7.99. The van der Waals surface area contributed by atoms with Crippen molar-refractivity contribution in [2.24, 2.45) is 0 Å². The van der Waals surface area contributed by atoms with Crippen molar-refractivity contribution in [3.8, 4) is 46.3 Å². The first-order valence-corrected chi connectivity index (χ1v) is 22.9. The van der Waals surface area contributed by atoms with E-state index in [2.05, 4.69) is 34.2 Å². The number of phenols is 1. The Labute approximate surface area is 377 Å². The van der Waals surface area contributed by atoms with Gasteiger partial charge in [0, 0.05) is 46.6 Å². The van der Waals surface area contributed by atoms with E-state index < -0.39 is 52.7 Å². The number of benzene rings is 3. The van der Waals surface area contributed by atoms with Gasteiger partial charge < -0.3 is 43.2 Å². The number of thioether (sulfide) groups is 1. The third-order valence-electron chi connectivity index (χ3n) is 13.5. The van der Waals surface area contributed by atoms with Gasteiger partial charge in [-0.3, -0.25) is 15.1 Å². The van der Waals surface area contributed by atoms with Crippen molar-refractivity contribution in [1.29, 1.82) is 5.26 Å². The number of phenolic OH excluding ortho intramolecular Hbond substituents is 1. The van der Waals surface area contributed by atoms with Crippen LogP contribution in [0.25, 0.3) is 0 Å². The molecule has 0 radical (unpaired) electrons. The number of fused-ring (bicyclic) bond motifs is 9. The van der Waals surface area contributed by atoms with Crippen LogP contribution in [0.1, 0.15) is 102 Å². The number of hydrogen-bond acceptors (Lipinski definition) is 17. The lowest BCUT2D eigenvalue weighted by molar-refractivity contribution is -0.208. The highest BCUT2D eigenvalue weighted by Crippen LogP contribution is 2.64. The zero-order valence-corrected chi connectivity index (χ0v) is 38.6. The quantitative estimate of drug-likeness (QED) is 0.0794. The Morgan fingerprint density at radius 1 is 1.05 bits per heavy atom. The van der Waals surface area contributed by atoms with E-state index in [1.165, 1.54) is 18.9 Å². The summed E-state index contributed by atoms with van der Waals surface area (Å²) in [7, 11) is 5.04. The molecule has 4 bridgehead atoms. The first-order chi connectivity index (χ1) is 30.7. The average molecular weight is 901 g/mol. The van der Waals surface area contributed by atoms with Gasteiger partial charge in [-0.1, -0.05) is 19.4 Å². The third kappa shape index (κ3) is 6.95. The number of aryl methyl sites for hydroxylation is 1. The van der Waals surface area contributed by atoms with Crippen LogP contribution in [-0.4, -0.2) is 104 Å². The Kier molecular flexibility index (Phi) is 11.5. The normalized spacial score (nSPS) is 26.7. The van der Waals surface area contributed by atoms with Crippen molar-refractivity contribution in [2.45, 2.75) is 114 Å². The summed E-state index contributed by atoms with van der Waals surface area (Å²) >= 11 is 1.53. The van der Waals surface area contributed by atoms with E-state index in [1.807, 2.05) is 20.9 Å². The van der Waals surface area contributed by atoms with Crippen LogP contribution in [0.15, 0.2) is 18.2 Å². The first-order valence-electron chi connectivity index (χ1n) is 21.9. The van der Waals surface area contributed by atoms with Gasteiger partial charge in [-0.2, -0.15) is 10.1 Å². The molecule has 7 aliphatic heterocycles. The second-order valence-corrected chi connectivity index (χ2v) is 19.4. The molecule has 0 aromatic heterocycles. The van der Waals surface area contributed by atoms with Crippen molar-refractivity contribution in [2.75, 3.05) is 53.6 Å². The Hall–Kier alpha value is -5.12. The molecule has 2 fully saturated rings. The van der Waals surface area contributed by atoms with E-state index in [-0.39, 0.29) is 42.4 Å². The summed E-state index contributed by atoms with van der Waals surface area (Å²) < 4.78 is 41.8. The second kappa shape index (κ2) is 16.7. The molecule has 342 valence electrons. The molecule has 0 aliphatic carbocycles. The molecular weight excluding hydrogens is 845 g/mol. The summed E-state index contributed by atoms with van der Waals surface area (Å²) in [5.74, 6) is 1.97. The van der Waals surface area contributed by atoms with Crippen LogP contribution in [0.4, 0.5) is 4.79 Å². The summed E-state index contributed by atoms with van der Waals surface area (Å²) in [5, 5.41) is 26.5. The topological polar surface area (TPSA) is 180 Å². The molecule has 0 amide bonds. The number of unbranched alkanes of at least 4 members (excludes halogenated alkanes) is 1. The van der Waals surface area contributed by atoms with Gasteiger partial charge in [0.15, 0.2) is 45.8 Å². The molecule has 17 heteroatoms. The Morgan fingerprint density at radius 2 is 1.83 bits per heavy atom. The minimum absolute atomic E-state index is 0.0299. The number of likely N-dealkylation sites (N-methyl/N-ethyl adjacent to an activating group) is 1. The summed E-state index contributed by atoms with van der Waals surface area (Å²) in [6.45, 7) is 11.7. The molecule has 10 rings (SSSR count). The van der Waals surface area contributed by atoms with Gasteiger partial charge in [0.1, 0.15) is 18.2 Å². The zero-order valence-electron chi connectivity index (χ0n) is 37.7. The molecule has 7 aliphatic rings. The van der Waals surface area contributed by atoms with Gasteiger partial charge in [0.25, 0.3) is 0 Å². The van der Waals surface area contributed by atoms with E-state index in [9.17, 15) is 15.2 Å². The van der Waals surface area contributed by atoms with Crippen LogP contribution < -0.4 is 33.9 Å². The summed E-state index contributed by atoms with van der Waals surface area (Å²) in [4.78, 5) is 44.8. The second-order valence-electron chi connectivity index (χ2n) is 18.3. The number of methoxy groups -OCH3 is 2. The molecular formula is C47H56N4O12S. The van der Waals surface area contributed by atoms with Crippen molar-refractivity contribution < 1.29 is 57.6 Å². The molecule has 0 saturated carbocycles. The molecule has 16 nitrogen and oxygen atoms in total. The van der Waals surface area contributed by atoms with E-state index in [4.69, 9.17) is 42.9 Å². The first kappa shape index (κ1) is 44.1. The van der Waals surface area contributed by atoms with Gasteiger partial charge in [0.2, 0.25) is 6.79 Å². The van der Waals surface area contributed by atoms with Crippen LogP contribution in [0.3, 0.4) is 0 Å². The Bertz CT molecular complexity index is 2430. The molecule has 1 unspecified atom stereocenters. The van der Waals surface area contributed by atoms with Crippen LogP contribution in [0.5, 0.6) is 40.2 Å². The molecule has 1 spiro atoms. The fourth-order valence-corrected chi connectivity index (χ4v) is 12.4. The molecule has 2 saturated heterocycles. The van der Waals surface area contributed by atoms with Crippen molar-refractivity contribution in [3.05, 3.63) is 62.7 Å². The number of rotatable bonds is 8. The minimum Gasteiger partial charge on any atom is -0.504 e. The lowest BCUT2D eigenvalue weighted by Crippen LogP contribution is -2.69. The van der Waals surface area contributed by atoms with E-state index in [1.54, 1.807) is 40.0 Å². The van der Waals surface area contributed by atoms with E-state index >= 15 is 4.79 Å². The number of hydrogen-bond donors (Lipinski definition) is 2. The number of carbonyl (C=O) groups excluding carboxylic acids is 2. The highest BCUT2D eigenvalue weighted by Gasteiger charge is 2.62. The van der Waals surface area contributed by atoms with Gasteiger partial charge in [-0.05, 0) is 95.3 Å². The number of nitrogens with zero attached hydrogens (tertiary/aromatic N) is 3. The fraction of sp³-hybridized carbons (Fsp3) is 0.553. The van der Waals surface area contributed by atoms with Gasteiger partial charge in [-0.15, -0.1) is 11.8 Å². The Balaban J connectivity index is 1.26.